The maximum absolute atomic E-state index is 13.3. The summed E-state index contributed by atoms with van der Waals surface area (Å²) in [5.41, 5.74) is 3.30. The van der Waals surface area contributed by atoms with Gasteiger partial charge in [0.15, 0.2) is 0 Å². The second-order valence-electron chi connectivity index (χ2n) is 9.69. The van der Waals surface area contributed by atoms with Gasteiger partial charge in [-0.3, -0.25) is 14.5 Å². The Morgan fingerprint density at radius 2 is 1.85 bits per heavy atom. The number of anilines is 1. The van der Waals surface area contributed by atoms with Gasteiger partial charge in [-0.1, -0.05) is 35.9 Å². The van der Waals surface area contributed by atoms with Gasteiger partial charge >= 0.3 is 0 Å². The van der Waals surface area contributed by atoms with E-state index in [1.54, 1.807) is 25.3 Å². The standard InChI is InChI=1S/C26H30ClN3O3/c1-29-16-18-6-4-3-5-17(18)13-22(29)25(32)30-11-9-26(10-12-30)15-20(26)24(31)28-19-7-8-23(33-2)21(27)14-19/h3-8,14,20,22H,9-13,15-16H2,1-2H3,(H,28,31)/t20-,22+/m0/s1. The van der Waals surface area contributed by atoms with Crippen LogP contribution in [0.3, 0.4) is 0 Å². The number of carbonyl (C=O) groups excluding carboxylic acids is 2. The molecule has 0 unspecified atom stereocenters. The molecule has 2 aromatic rings. The summed E-state index contributed by atoms with van der Waals surface area (Å²) in [5, 5.41) is 3.48. The van der Waals surface area contributed by atoms with Crippen LogP contribution in [-0.4, -0.2) is 54.9 Å². The Hall–Kier alpha value is -2.57. The second-order valence-corrected chi connectivity index (χ2v) is 10.1. The zero-order chi connectivity index (χ0) is 23.2. The lowest BCUT2D eigenvalue weighted by Gasteiger charge is -2.39. The van der Waals surface area contributed by atoms with E-state index in [0.29, 0.717) is 16.5 Å². The number of halogens is 1. The van der Waals surface area contributed by atoms with Gasteiger partial charge in [0.25, 0.3) is 0 Å². The Labute approximate surface area is 199 Å². The number of hydrogen-bond acceptors (Lipinski definition) is 4. The molecule has 1 saturated carbocycles. The lowest BCUT2D eigenvalue weighted by Crippen LogP contribution is -2.52. The van der Waals surface area contributed by atoms with Gasteiger partial charge in [0, 0.05) is 31.2 Å². The molecule has 2 fully saturated rings. The molecule has 1 spiro atoms. The lowest BCUT2D eigenvalue weighted by molar-refractivity contribution is -0.138. The van der Waals surface area contributed by atoms with Gasteiger partial charge in [-0.15, -0.1) is 0 Å². The normalized spacial score (nSPS) is 23.7. The van der Waals surface area contributed by atoms with Crippen molar-refractivity contribution in [2.24, 2.45) is 11.3 Å². The zero-order valence-corrected chi connectivity index (χ0v) is 19.9. The van der Waals surface area contributed by atoms with Crippen molar-refractivity contribution in [2.75, 3.05) is 32.6 Å². The predicted octanol–water partition coefficient (Wildman–Crippen LogP) is 3.97. The maximum atomic E-state index is 13.3. The van der Waals surface area contributed by atoms with Gasteiger partial charge < -0.3 is 15.0 Å². The van der Waals surface area contributed by atoms with E-state index >= 15 is 0 Å². The van der Waals surface area contributed by atoms with E-state index in [1.165, 1.54) is 11.1 Å². The first-order valence-electron chi connectivity index (χ1n) is 11.6. The van der Waals surface area contributed by atoms with E-state index in [4.69, 9.17) is 16.3 Å². The minimum Gasteiger partial charge on any atom is -0.495 e. The van der Waals surface area contributed by atoms with Crippen molar-refractivity contribution in [1.82, 2.24) is 9.80 Å². The van der Waals surface area contributed by atoms with Crippen molar-refractivity contribution in [3.05, 3.63) is 58.6 Å². The smallest absolute Gasteiger partial charge is 0.240 e. The number of hydrogen-bond donors (Lipinski definition) is 1. The van der Waals surface area contributed by atoms with Gasteiger partial charge in [-0.2, -0.15) is 0 Å². The molecule has 5 rings (SSSR count). The number of likely N-dealkylation sites (tertiary alicyclic amines) is 1. The molecule has 2 amide bonds. The topological polar surface area (TPSA) is 61.9 Å². The van der Waals surface area contributed by atoms with Crippen molar-refractivity contribution < 1.29 is 14.3 Å². The van der Waals surface area contributed by atoms with Crippen LogP contribution in [0.4, 0.5) is 5.69 Å². The number of nitrogens with zero attached hydrogens (tertiary/aromatic N) is 2. The van der Waals surface area contributed by atoms with E-state index in [1.807, 2.05) is 11.9 Å². The van der Waals surface area contributed by atoms with Crippen LogP contribution in [-0.2, 0) is 22.6 Å². The minimum absolute atomic E-state index is 0.000129. The minimum atomic E-state index is -0.105. The number of piperidine rings is 1. The second kappa shape index (κ2) is 8.65. The van der Waals surface area contributed by atoms with Crippen LogP contribution in [0.5, 0.6) is 5.75 Å². The molecule has 2 heterocycles. The fourth-order valence-corrected chi connectivity index (χ4v) is 5.82. The largest absolute Gasteiger partial charge is 0.495 e. The Kier molecular flexibility index (Phi) is 5.83. The number of carbonyl (C=O) groups is 2. The molecule has 1 saturated heterocycles. The third kappa shape index (κ3) is 4.22. The highest BCUT2D eigenvalue weighted by atomic mass is 35.5. The Balaban J connectivity index is 1.17. The molecule has 2 atom stereocenters. The number of amides is 2. The van der Waals surface area contributed by atoms with Crippen molar-refractivity contribution in [3.8, 4) is 5.75 Å². The quantitative estimate of drug-likeness (QED) is 0.739. The molecular weight excluding hydrogens is 438 g/mol. The number of benzene rings is 2. The van der Waals surface area contributed by atoms with Gasteiger partial charge in [-0.25, -0.2) is 0 Å². The van der Waals surface area contributed by atoms with E-state index in [-0.39, 0.29) is 29.2 Å². The molecule has 3 aliphatic rings. The van der Waals surface area contributed by atoms with Crippen LogP contribution in [0.1, 0.15) is 30.4 Å². The highest BCUT2D eigenvalue weighted by Gasteiger charge is 2.59. The first kappa shape index (κ1) is 22.2. The molecule has 1 N–H and O–H groups in total. The van der Waals surface area contributed by atoms with E-state index < -0.39 is 0 Å². The molecule has 0 bridgehead atoms. The summed E-state index contributed by atoms with van der Waals surface area (Å²) in [7, 11) is 3.60. The van der Waals surface area contributed by atoms with Crippen molar-refractivity contribution in [2.45, 2.75) is 38.3 Å². The number of likely N-dealkylation sites (N-methyl/N-ethyl adjacent to an activating group) is 1. The molecule has 2 aliphatic heterocycles. The molecule has 0 radical (unpaired) electrons. The molecule has 2 aromatic carbocycles. The highest BCUT2D eigenvalue weighted by Crippen LogP contribution is 2.59. The molecule has 33 heavy (non-hydrogen) atoms. The summed E-state index contributed by atoms with van der Waals surface area (Å²) in [4.78, 5) is 30.4. The summed E-state index contributed by atoms with van der Waals surface area (Å²) in [6, 6.07) is 13.6. The van der Waals surface area contributed by atoms with Gasteiger partial charge in [0.2, 0.25) is 11.8 Å². The fourth-order valence-electron chi connectivity index (χ4n) is 5.56. The number of ether oxygens (including phenoxy) is 1. The summed E-state index contributed by atoms with van der Waals surface area (Å²) >= 11 is 6.18. The Morgan fingerprint density at radius 3 is 2.55 bits per heavy atom. The van der Waals surface area contributed by atoms with Crippen LogP contribution in [0.2, 0.25) is 5.02 Å². The van der Waals surface area contributed by atoms with Crippen molar-refractivity contribution >= 4 is 29.1 Å². The summed E-state index contributed by atoms with van der Waals surface area (Å²) in [6.07, 6.45) is 3.42. The lowest BCUT2D eigenvalue weighted by atomic mass is 9.89. The Morgan fingerprint density at radius 1 is 1.12 bits per heavy atom. The SMILES string of the molecule is COc1ccc(NC(=O)[C@@H]2CC23CCN(C(=O)[C@H]2Cc4ccccc4CN2C)CC3)cc1Cl. The number of rotatable bonds is 4. The third-order valence-corrected chi connectivity index (χ3v) is 8.06. The van der Waals surface area contributed by atoms with E-state index in [2.05, 4.69) is 34.5 Å². The van der Waals surface area contributed by atoms with Crippen LogP contribution < -0.4 is 10.1 Å². The average Bonchev–Trinajstić information content (AvgIpc) is 3.52. The first-order chi connectivity index (χ1) is 15.9. The first-order valence-corrected chi connectivity index (χ1v) is 12.0. The van der Waals surface area contributed by atoms with E-state index in [9.17, 15) is 9.59 Å². The molecule has 6 nitrogen and oxygen atoms in total. The summed E-state index contributed by atoms with van der Waals surface area (Å²) in [5.74, 6) is 0.845. The van der Waals surface area contributed by atoms with Crippen LogP contribution >= 0.6 is 11.6 Å². The molecule has 7 heteroatoms. The predicted molar refractivity (Wildman–Crippen MR) is 128 cm³/mol. The fraction of sp³-hybridized carbons (Fsp3) is 0.462. The molecular formula is C26H30ClN3O3. The maximum Gasteiger partial charge on any atom is 0.240 e. The molecule has 1 aliphatic carbocycles. The van der Waals surface area contributed by atoms with Crippen LogP contribution in [0.15, 0.2) is 42.5 Å². The zero-order valence-electron chi connectivity index (χ0n) is 19.1. The molecule has 0 aromatic heterocycles. The van der Waals surface area contributed by atoms with E-state index in [0.717, 1.165) is 45.3 Å². The average molecular weight is 468 g/mol. The Bertz CT molecular complexity index is 1080. The molecule has 174 valence electrons. The van der Waals surface area contributed by atoms with Crippen LogP contribution in [0, 0.1) is 11.3 Å². The summed E-state index contributed by atoms with van der Waals surface area (Å²) in [6.45, 7) is 2.26. The van der Waals surface area contributed by atoms with Gasteiger partial charge in [0.05, 0.1) is 18.2 Å². The number of nitrogens with one attached hydrogen (secondary N) is 1. The highest BCUT2D eigenvalue weighted by molar-refractivity contribution is 6.32. The number of methoxy groups -OCH3 is 1. The third-order valence-electron chi connectivity index (χ3n) is 7.76. The number of fused-ring (bicyclic) bond motifs is 1. The van der Waals surface area contributed by atoms with Gasteiger partial charge in [-0.05, 0) is 67.5 Å². The van der Waals surface area contributed by atoms with Crippen molar-refractivity contribution in [1.29, 1.82) is 0 Å². The monoisotopic (exact) mass is 467 g/mol. The summed E-state index contributed by atoms with van der Waals surface area (Å²) < 4.78 is 5.17. The van der Waals surface area contributed by atoms with Crippen molar-refractivity contribution in [3.63, 3.8) is 0 Å². The van der Waals surface area contributed by atoms with Gasteiger partial charge in [0.1, 0.15) is 5.75 Å². The van der Waals surface area contributed by atoms with Crippen LogP contribution in [0.25, 0.3) is 0 Å².